The summed E-state index contributed by atoms with van der Waals surface area (Å²) in [7, 11) is -1.89. The molecule has 0 aliphatic carbocycles. The van der Waals surface area contributed by atoms with Crippen LogP contribution in [0.3, 0.4) is 0 Å². The number of halogens is 2. The van der Waals surface area contributed by atoms with Crippen molar-refractivity contribution in [1.82, 2.24) is 25.4 Å². The van der Waals surface area contributed by atoms with Gasteiger partial charge in [-0.25, -0.2) is 18.4 Å². The molecule has 0 bridgehead atoms. The Morgan fingerprint density at radius 2 is 1.93 bits per heavy atom. The topological polar surface area (TPSA) is 225 Å². The number of imide groups is 1. The van der Waals surface area contributed by atoms with Gasteiger partial charge in [0.2, 0.25) is 5.91 Å². The van der Waals surface area contributed by atoms with Gasteiger partial charge in [0.15, 0.2) is 11.9 Å². The fourth-order valence-corrected chi connectivity index (χ4v) is 4.50. The molecule has 222 valence electrons. The number of pyridine rings is 1. The van der Waals surface area contributed by atoms with Gasteiger partial charge in [0, 0.05) is 25.7 Å². The van der Waals surface area contributed by atoms with E-state index in [9.17, 15) is 48.0 Å². The maximum absolute atomic E-state index is 14.8. The SMILES string of the molecule is NCCCN1CCN(C(=O)N[C@@H](C(=O)N[C@H]2Cc3ccc(F)c(C(=O)O)c3OB2O)c2ncc(O)cc2F)C(=O)C1=O. The lowest BCUT2D eigenvalue weighted by Gasteiger charge is -2.33. The lowest BCUT2D eigenvalue weighted by Crippen LogP contribution is -2.60. The number of hydrogen-bond donors (Lipinski definition) is 6. The highest BCUT2D eigenvalue weighted by Gasteiger charge is 2.42. The van der Waals surface area contributed by atoms with E-state index >= 15 is 0 Å². The number of nitrogens with zero attached hydrogens (tertiary/aromatic N) is 3. The van der Waals surface area contributed by atoms with Gasteiger partial charge in [-0.1, -0.05) is 6.07 Å². The number of carboxylic acid groups (broad SMARTS) is 1. The van der Waals surface area contributed by atoms with Crippen LogP contribution in [0.4, 0.5) is 13.6 Å². The van der Waals surface area contributed by atoms with E-state index in [0.717, 1.165) is 12.3 Å². The molecule has 3 heterocycles. The molecule has 2 atom stereocenters. The first-order valence-corrected chi connectivity index (χ1v) is 12.6. The first-order chi connectivity index (χ1) is 19.9. The van der Waals surface area contributed by atoms with Crippen LogP contribution in [0.5, 0.6) is 11.5 Å². The summed E-state index contributed by atoms with van der Waals surface area (Å²) in [6, 6.07) is -0.495. The summed E-state index contributed by atoms with van der Waals surface area (Å²) >= 11 is 0. The van der Waals surface area contributed by atoms with E-state index in [4.69, 9.17) is 10.4 Å². The Balaban J connectivity index is 1.56. The number of fused-ring (bicyclic) bond motifs is 1. The average Bonchev–Trinajstić information content (AvgIpc) is 2.93. The van der Waals surface area contributed by atoms with Gasteiger partial charge in [0.1, 0.15) is 28.6 Å². The van der Waals surface area contributed by atoms with Crippen LogP contribution in [0.15, 0.2) is 24.4 Å². The second-order valence-corrected chi connectivity index (χ2v) is 9.38. The van der Waals surface area contributed by atoms with Crippen LogP contribution in [-0.4, -0.2) is 99.0 Å². The summed E-state index contributed by atoms with van der Waals surface area (Å²) in [5.74, 6) is -9.62. The Bertz CT molecular complexity index is 1450. The molecule has 1 fully saturated rings. The molecule has 18 heteroatoms. The fourth-order valence-electron chi connectivity index (χ4n) is 4.50. The predicted molar refractivity (Wildman–Crippen MR) is 137 cm³/mol. The van der Waals surface area contributed by atoms with Crippen molar-refractivity contribution < 1.29 is 52.6 Å². The normalized spacial score (nSPS) is 17.3. The summed E-state index contributed by atoms with van der Waals surface area (Å²) in [5, 5.41) is 33.8. The van der Waals surface area contributed by atoms with Gasteiger partial charge in [0.05, 0.1) is 12.1 Å². The summed E-state index contributed by atoms with van der Waals surface area (Å²) < 4.78 is 34.0. The van der Waals surface area contributed by atoms with Gasteiger partial charge in [-0.15, -0.1) is 0 Å². The van der Waals surface area contributed by atoms with Crippen LogP contribution in [0.1, 0.15) is 34.1 Å². The molecular formula is C24H25BF2N6O9. The molecule has 0 spiro atoms. The van der Waals surface area contributed by atoms with Crippen LogP contribution in [0.2, 0.25) is 0 Å². The molecule has 0 unspecified atom stereocenters. The summed E-state index contributed by atoms with van der Waals surface area (Å²) in [6.07, 6.45) is 0.965. The predicted octanol–water partition coefficient (Wildman–Crippen LogP) is -1.33. The number of aromatic nitrogens is 1. The molecule has 4 rings (SSSR count). The average molecular weight is 590 g/mol. The second kappa shape index (κ2) is 12.4. The number of piperazine rings is 1. The highest BCUT2D eigenvalue weighted by Crippen LogP contribution is 2.32. The Kier molecular flexibility index (Phi) is 8.86. The number of aromatic hydroxyl groups is 1. The molecule has 1 aromatic heterocycles. The van der Waals surface area contributed by atoms with Crippen molar-refractivity contribution in [2.75, 3.05) is 26.2 Å². The maximum atomic E-state index is 14.8. The summed E-state index contributed by atoms with van der Waals surface area (Å²) in [5.41, 5.74) is 4.06. The summed E-state index contributed by atoms with van der Waals surface area (Å²) in [4.78, 5) is 68.4. The molecular weight excluding hydrogens is 565 g/mol. The van der Waals surface area contributed by atoms with Gasteiger partial charge in [-0.2, -0.15) is 0 Å². The van der Waals surface area contributed by atoms with Gasteiger partial charge in [-0.3, -0.25) is 24.3 Å². The third kappa shape index (κ3) is 6.08. The van der Waals surface area contributed by atoms with Crippen molar-refractivity contribution in [2.45, 2.75) is 24.8 Å². The number of nitrogens with one attached hydrogen (secondary N) is 2. The van der Waals surface area contributed by atoms with E-state index in [1.807, 2.05) is 0 Å². The van der Waals surface area contributed by atoms with Crippen LogP contribution in [0, 0.1) is 11.6 Å². The molecule has 2 aliphatic heterocycles. The molecule has 7 N–H and O–H groups in total. The number of rotatable bonds is 8. The second-order valence-electron chi connectivity index (χ2n) is 9.38. The van der Waals surface area contributed by atoms with E-state index in [1.165, 1.54) is 11.0 Å². The number of carbonyl (C=O) groups excluding carboxylic acids is 4. The Labute approximate surface area is 236 Å². The maximum Gasteiger partial charge on any atom is 0.547 e. The van der Waals surface area contributed by atoms with Gasteiger partial charge < -0.3 is 41.2 Å². The number of hydrogen-bond acceptors (Lipinski definition) is 10. The lowest BCUT2D eigenvalue weighted by atomic mass is 9.72. The Morgan fingerprint density at radius 3 is 2.60 bits per heavy atom. The molecule has 2 aliphatic rings. The molecule has 42 heavy (non-hydrogen) atoms. The number of carboxylic acids is 1. The van der Waals surface area contributed by atoms with Crippen molar-refractivity contribution in [2.24, 2.45) is 5.73 Å². The van der Waals surface area contributed by atoms with E-state index in [0.29, 0.717) is 17.4 Å². The van der Waals surface area contributed by atoms with Crippen LogP contribution in [0.25, 0.3) is 0 Å². The standard InChI is InChI=1S/C24H25BF2N6O9/c26-13-3-2-11-8-15(25(41)42-19(11)16(13)23(38)39)30-20(35)18(17-14(27)9-12(34)10-29-17)31-24(40)33-7-6-32(5-1-4-28)21(36)22(33)37/h2-3,9-10,15,18,34,41H,1,4-8,28H2,(H,30,35)(H,31,40)(H,38,39)/t15-,18+/m0/s1. The highest BCUT2D eigenvalue weighted by molar-refractivity contribution is 6.47. The zero-order chi connectivity index (χ0) is 30.7. The largest absolute Gasteiger partial charge is 0.547 e. The number of carbonyl (C=O) groups is 5. The lowest BCUT2D eigenvalue weighted by molar-refractivity contribution is -0.153. The van der Waals surface area contributed by atoms with Gasteiger partial charge in [0.25, 0.3) is 0 Å². The molecule has 2 aromatic rings. The van der Waals surface area contributed by atoms with Crippen LogP contribution >= 0.6 is 0 Å². The number of benzene rings is 1. The quantitative estimate of drug-likeness (QED) is 0.156. The third-order valence-electron chi connectivity index (χ3n) is 6.60. The number of amides is 5. The minimum Gasteiger partial charge on any atom is -0.534 e. The van der Waals surface area contributed by atoms with Crippen LogP contribution < -0.4 is 21.0 Å². The fraction of sp³-hybridized carbons (Fsp3) is 0.333. The van der Waals surface area contributed by atoms with Crippen LogP contribution in [-0.2, 0) is 20.8 Å². The molecule has 1 saturated heterocycles. The van der Waals surface area contributed by atoms with Crippen molar-refractivity contribution in [3.05, 3.63) is 52.9 Å². The number of aromatic carboxylic acids is 1. The number of nitrogens with two attached hydrogens (primary N) is 1. The minimum absolute atomic E-state index is 0.00931. The zero-order valence-electron chi connectivity index (χ0n) is 21.8. The van der Waals surface area contributed by atoms with E-state index in [1.54, 1.807) is 0 Å². The first-order valence-electron chi connectivity index (χ1n) is 12.6. The smallest absolute Gasteiger partial charge is 0.534 e. The van der Waals surface area contributed by atoms with Crippen molar-refractivity contribution in [1.29, 1.82) is 0 Å². The molecule has 5 amide bonds. The van der Waals surface area contributed by atoms with E-state index < -0.39 is 83.2 Å². The van der Waals surface area contributed by atoms with E-state index in [-0.39, 0.29) is 38.2 Å². The monoisotopic (exact) mass is 590 g/mol. The van der Waals surface area contributed by atoms with Crippen molar-refractivity contribution in [3.8, 4) is 11.5 Å². The number of urea groups is 1. The third-order valence-corrected chi connectivity index (χ3v) is 6.60. The molecule has 1 aromatic carbocycles. The Hall–Kier alpha value is -4.84. The van der Waals surface area contributed by atoms with Crippen molar-refractivity contribution >= 4 is 36.8 Å². The van der Waals surface area contributed by atoms with Gasteiger partial charge in [-0.05, 0) is 31.0 Å². The molecule has 0 radical (unpaired) electrons. The van der Waals surface area contributed by atoms with Gasteiger partial charge >= 0.3 is 30.9 Å². The Morgan fingerprint density at radius 1 is 1.19 bits per heavy atom. The highest BCUT2D eigenvalue weighted by atomic mass is 19.1. The molecule has 0 saturated carbocycles. The minimum atomic E-state index is -1.95. The molecule has 15 nitrogen and oxygen atoms in total. The summed E-state index contributed by atoms with van der Waals surface area (Å²) in [6.45, 7) is 0.216. The zero-order valence-corrected chi connectivity index (χ0v) is 21.8. The van der Waals surface area contributed by atoms with E-state index in [2.05, 4.69) is 15.6 Å². The van der Waals surface area contributed by atoms with Crippen molar-refractivity contribution in [3.63, 3.8) is 0 Å². The first kappa shape index (κ1) is 30.1.